The fourth-order valence-corrected chi connectivity index (χ4v) is 0.856. The van der Waals surface area contributed by atoms with Gasteiger partial charge in [0, 0.05) is 18.2 Å². The van der Waals surface area contributed by atoms with Crippen molar-refractivity contribution >= 4 is 11.6 Å². The predicted octanol–water partition coefficient (Wildman–Crippen LogP) is 0.580. The molecule has 0 aliphatic heterocycles. The molecule has 0 radical (unpaired) electrons. The van der Waals surface area contributed by atoms with Crippen molar-refractivity contribution in [2.45, 2.75) is 19.8 Å². The van der Waals surface area contributed by atoms with E-state index in [4.69, 9.17) is 5.73 Å². The minimum Gasteiger partial charge on any atom is -0.384 e. The van der Waals surface area contributed by atoms with Crippen LogP contribution in [0.3, 0.4) is 0 Å². The second kappa shape index (κ2) is 3.80. The zero-order valence-corrected chi connectivity index (χ0v) is 6.95. The molecular formula is C8H11N3O. The van der Waals surface area contributed by atoms with Crippen molar-refractivity contribution in [3.63, 3.8) is 0 Å². The van der Waals surface area contributed by atoms with Gasteiger partial charge in [0.2, 0.25) is 0 Å². The van der Waals surface area contributed by atoms with Crippen LogP contribution >= 0.6 is 0 Å². The van der Waals surface area contributed by atoms with E-state index in [9.17, 15) is 4.79 Å². The van der Waals surface area contributed by atoms with Crippen LogP contribution in [-0.2, 0) is 11.2 Å². The van der Waals surface area contributed by atoms with Crippen LogP contribution < -0.4 is 5.73 Å². The van der Waals surface area contributed by atoms with Gasteiger partial charge in [0.15, 0.2) is 0 Å². The summed E-state index contributed by atoms with van der Waals surface area (Å²) in [5.41, 5.74) is 6.25. The van der Waals surface area contributed by atoms with Crippen LogP contribution in [0, 0.1) is 0 Å². The summed E-state index contributed by atoms with van der Waals surface area (Å²) in [6.45, 7) is 1.56. The van der Waals surface area contributed by atoms with Gasteiger partial charge in [-0.15, -0.1) is 0 Å². The Balaban J connectivity index is 2.57. The van der Waals surface area contributed by atoms with Gasteiger partial charge in [-0.25, -0.2) is 9.97 Å². The standard InChI is InChI=1S/C8H11N3O/c1-6(12)2-3-7-4-8(9)11-5-10-7/h4-5H,2-3H2,1H3,(H2,9,10,11). The number of hydrogen-bond acceptors (Lipinski definition) is 4. The molecular weight excluding hydrogens is 154 g/mol. The molecule has 0 saturated carbocycles. The number of nitrogens with zero attached hydrogens (tertiary/aromatic N) is 2. The molecule has 64 valence electrons. The molecule has 0 unspecified atom stereocenters. The summed E-state index contributed by atoms with van der Waals surface area (Å²) in [5.74, 6) is 0.607. The lowest BCUT2D eigenvalue weighted by Gasteiger charge is -1.97. The SMILES string of the molecule is CC(=O)CCc1cc(N)ncn1. The second-order valence-corrected chi connectivity index (χ2v) is 2.64. The fourth-order valence-electron chi connectivity index (χ4n) is 0.856. The van der Waals surface area contributed by atoms with Crippen molar-refractivity contribution in [3.05, 3.63) is 18.1 Å². The van der Waals surface area contributed by atoms with E-state index in [0.29, 0.717) is 18.7 Å². The summed E-state index contributed by atoms with van der Waals surface area (Å²) in [5, 5.41) is 0. The van der Waals surface area contributed by atoms with Gasteiger partial charge in [-0.05, 0) is 13.3 Å². The molecule has 1 rings (SSSR count). The van der Waals surface area contributed by atoms with Gasteiger partial charge in [-0.3, -0.25) is 0 Å². The van der Waals surface area contributed by atoms with Crippen molar-refractivity contribution in [2.24, 2.45) is 0 Å². The van der Waals surface area contributed by atoms with Crippen LogP contribution in [-0.4, -0.2) is 15.8 Å². The maximum Gasteiger partial charge on any atom is 0.130 e. The lowest BCUT2D eigenvalue weighted by molar-refractivity contribution is -0.116. The van der Waals surface area contributed by atoms with Crippen molar-refractivity contribution in [1.82, 2.24) is 9.97 Å². The van der Waals surface area contributed by atoms with Gasteiger partial charge in [-0.2, -0.15) is 0 Å². The Hall–Kier alpha value is -1.45. The van der Waals surface area contributed by atoms with E-state index in [2.05, 4.69) is 9.97 Å². The molecule has 12 heavy (non-hydrogen) atoms. The number of carbonyl (C=O) groups is 1. The fraction of sp³-hybridized carbons (Fsp3) is 0.375. The van der Waals surface area contributed by atoms with Gasteiger partial charge >= 0.3 is 0 Å². The summed E-state index contributed by atoms with van der Waals surface area (Å²) >= 11 is 0. The van der Waals surface area contributed by atoms with Crippen LogP contribution in [0.15, 0.2) is 12.4 Å². The van der Waals surface area contributed by atoms with E-state index >= 15 is 0 Å². The third-order valence-electron chi connectivity index (χ3n) is 1.48. The molecule has 2 N–H and O–H groups in total. The zero-order valence-electron chi connectivity index (χ0n) is 6.95. The summed E-state index contributed by atoms with van der Waals surface area (Å²) in [6, 6.07) is 1.68. The Labute approximate surface area is 70.8 Å². The average Bonchev–Trinajstić information content (AvgIpc) is 2.01. The molecule has 4 heteroatoms. The van der Waals surface area contributed by atoms with Crippen LogP contribution in [0.2, 0.25) is 0 Å². The van der Waals surface area contributed by atoms with Gasteiger partial charge in [0.1, 0.15) is 17.9 Å². The number of hydrogen-bond donors (Lipinski definition) is 1. The first-order chi connectivity index (χ1) is 5.68. The first-order valence-electron chi connectivity index (χ1n) is 3.74. The third kappa shape index (κ3) is 2.65. The third-order valence-corrected chi connectivity index (χ3v) is 1.48. The molecule has 0 aliphatic rings. The molecule has 1 aromatic heterocycles. The van der Waals surface area contributed by atoms with Crippen LogP contribution in [0.4, 0.5) is 5.82 Å². The second-order valence-electron chi connectivity index (χ2n) is 2.64. The van der Waals surface area contributed by atoms with Crippen LogP contribution in [0.1, 0.15) is 19.0 Å². The first-order valence-corrected chi connectivity index (χ1v) is 3.74. The number of aryl methyl sites for hydroxylation is 1. The van der Waals surface area contributed by atoms with Gasteiger partial charge < -0.3 is 10.5 Å². The average molecular weight is 165 g/mol. The Morgan fingerprint density at radius 2 is 2.33 bits per heavy atom. The minimum atomic E-state index is 0.159. The van der Waals surface area contributed by atoms with E-state index in [1.54, 1.807) is 13.0 Å². The lowest BCUT2D eigenvalue weighted by atomic mass is 10.2. The Kier molecular flexibility index (Phi) is 2.74. The summed E-state index contributed by atoms with van der Waals surface area (Å²) in [4.78, 5) is 18.3. The maximum absolute atomic E-state index is 10.6. The zero-order chi connectivity index (χ0) is 8.97. The van der Waals surface area contributed by atoms with Crippen LogP contribution in [0.5, 0.6) is 0 Å². The van der Waals surface area contributed by atoms with E-state index in [1.165, 1.54) is 6.33 Å². The largest absolute Gasteiger partial charge is 0.384 e. The number of rotatable bonds is 3. The number of aromatic nitrogens is 2. The molecule has 4 nitrogen and oxygen atoms in total. The molecule has 0 fully saturated rings. The summed E-state index contributed by atoms with van der Waals surface area (Å²) in [7, 11) is 0. The van der Waals surface area contributed by atoms with Crippen molar-refractivity contribution in [3.8, 4) is 0 Å². The molecule has 1 heterocycles. The smallest absolute Gasteiger partial charge is 0.130 e. The highest BCUT2D eigenvalue weighted by Crippen LogP contribution is 2.02. The molecule has 0 saturated heterocycles. The Bertz CT molecular complexity index is 285. The highest BCUT2D eigenvalue weighted by Gasteiger charge is 1.98. The van der Waals surface area contributed by atoms with E-state index in [-0.39, 0.29) is 5.78 Å². The summed E-state index contributed by atoms with van der Waals surface area (Å²) in [6.07, 6.45) is 2.56. The molecule has 1 aromatic rings. The monoisotopic (exact) mass is 165 g/mol. The van der Waals surface area contributed by atoms with E-state index < -0.39 is 0 Å². The highest BCUT2D eigenvalue weighted by molar-refractivity contribution is 5.75. The molecule has 0 aromatic carbocycles. The number of Topliss-reactive ketones (excluding diaryl/α,β-unsaturated/α-hetero) is 1. The Morgan fingerprint density at radius 3 is 2.92 bits per heavy atom. The van der Waals surface area contributed by atoms with Gasteiger partial charge in [0.05, 0.1) is 0 Å². The first kappa shape index (κ1) is 8.64. The number of anilines is 1. The number of ketones is 1. The van der Waals surface area contributed by atoms with E-state index in [0.717, 1.165) is 5.69 Å². The van der Waals surface area contributed by atoms with Crippen molar-refractivity contribution in [2.75, 3.05) is 5.73 Å². The highest BCUT2D eigenvalue weighted by atomic mass is 16.1. The van der Waals surface area contributed by atoms with Crippen molar-refractivity contribution in [1.29, 1.82) is 0 Å². The number of nitrogens with two attached hydrogens (primary N) is 1. The molecule has 0 spiro atoms. The maximum atomic E-state index is 10.6. The molecule has 0 amide bonds. The minimum absolute atomic E-state index is 0.159. The van der Waals surface area contributed by atoms with Gasteiger partial charge in [-0.1, -0.05) is 0 Å². The number of nitrogen functional groups attached to an aromatic ring is 1. The number of carbonyl (C=O) groups excluding carboxylic acids is 1. The van der Waals surface area contributed by atoms with Gasteiger partial charge in [0.25, 0.3) is 0 Å². The summed E-state index contributed by atoms with van der Waals surface area (Å²) < 4.78 is 0. The van der Waals surface area contributed by atoms with Crippen LogP contribution in [0.25, 0.3) is 0 Å². The predicted molar refractivity (Wildman–Crippen MR) is 45.4 cm³/mol. The lowest BCUT2D eigenvalue weighted by Crippen LogP contribution is -1.99. The normalized spacial score (nSPS) is 9.75. The van der Waals surface area contributed by atoms with E-state index in [1.807, 2.05) is 0 Å². The molecule has 0 aliphatic carbocycles. The quantitative estimate of drug-likeness (QED) is 0.711. The van der Waals surface area contributed by atoms with Crippen molar-refractivity contribution < 1.29 is 4.79 Å². The molecule has 0 atom stereocenters. The Morgan fingerprint density at radius 1 is 1.58 bits per heavy atom. The topological polar surface area (TPSA) is 68.9 Å². The molecule has 0 bridgehead atoms.